The lowest BCUT2D eigenvalue weighted by atomic mass is 9.89. The number of carbonyl (C=O) groups is 2. The molecule has 0 spiro atoms. The van der Waals surface area contributed by atoms with E-state index in [0.717, 1.165) is 11.0 Å². The van der Waals surface area contributed by atoms with Gasteiger partial charge in [0.1, 0.15) is 11.5 Å². The highest BCUT2D eigenvalue weighted by Crippen LogP contribution is 2.33. The van der Waals surface area contributed by atoms with Crippen molar-refractivity contribution < 1.29 is 24.9 Å². The van der Waals surface area contributed by atoms with Crippen molar-refractivity contribution in [3.05, 3.63) is 23.8 Å². The van der Waals surface area contributed by atoms with Gasteiger partial charge in [0.05, 0.1) is 0 Å². The molecular formula is C13H17NO5. The number of hydrogen-bond acceptors (Lipinski definition) is 4. The quantitative estimate of drug-likeness (QED) is 0.674. The van der Waals surface area contributed by atoms with Crippen LogP contribution in [-0.4, -0.2) is 39.1 Å². The van der Waals surface area contributed by atoms with E-state index in [1.165, 1.54) is 19.1 Å². The van der Waals surface area contributed by atoms with Crippen LogP contribution >= 0.6 is 0 Å². The predicted octanol–water partition coefficient (Wildman–Crippen LogP) is 1.27. The van der Waals surface area contributed by atoms with E-state index >= 15 is 0 Å². The summed E-state index contributed by atoms with van der Waals surface area (Å²) in [5.41, 5.74) is -1.51. The molecule has 6 nitrogen and oxygen atoms in total. The summed E-state index contributed by atoms with van der Waals surface area (Å²) in [6.45, 7) is 3.43. The molecule has 0 bridgehead atoms. The summed E-state index contributed by atoms with van der Waals surface area (Å²) in [5.74, 6) is -1.76. The molecule has 0 saturated heterocycles. The first-order valence-electron chi connectivity index (χ1n) is 5.85. The molecule has 1 aromatic rings. The molecule has 1 rings (SSSR count). The topological polar surface area (TPSA) is 98.1 Å². The number of carboxylic acid groups (broad SMARTS) is 1. The van der Waals surface area contributed by atoms with Crippen molar-refractivity contribution in [3.8, 4) is 11.5 Å². The zero-order chi connectivity index (χ0) is 14.6. The molecular weight excluding hydrogens is 250 g/mol. The number of aromatic hydroxyl groups is 2. The molecule has 0 aliphatic carbocycles. The van der Waals surface area contributed by atoms with E-state index in [4.69, 9.17) is 0 Å². The SMILES string of the molecule is CCCN(C=O)C(C)(C(=O)O)c1cc(O)cc(O)c1. The average molecular weight is 267 g/mol. The second-order valence-electron chi connectivity index (χ2n) is 4.41. The lowest BCUT2D eigenvalue weighted by Gasteiger charge is -2.35. The number of phenolic OH excluding ortho intramolecular Hbond substituents is 2. The molecule has 0 aliphatic rings. The van der Waals surface area contributed by atoms with Crippen LogP contribution in [-0.2, 0) is 15.1 Å². The normalized spacial score (nSPS) is 13.6. The molecule has 104 valence electrons. The van der Waals surface area contributed by atoms with Crippen LogP contribution in [0.15, 0.2) is 18.2 Å². The first-order valence-corrected chi connectivity index (χ1v) is 5.85. The van der Waals surface area contributed by atoms with Gasteiger partial charge >= 0.3 is 5.97 Å². The second-order valence-corrected chi connectivity index (χ2v) is 4.41. The molecule has 1 unspecified atom stereocenters. The highest BCUT2D eigenvalue weighted by atomic mass is 16.4. The third kappa shape index (κ3) is 2.78. The molecule has 1 atom stereocenters. The summed E-state index contributed by atoms with van der Waals surface area (Å²) in [6, 6.07) is 3.54. The maximum Gasteiger partial charge on any atom is 0.334 e. The summed E-state index contributed by atoms with van der Waals surface area (Å²) in [7, 11) is 0. The van der Waals surface area contributed by atoms with Gasteiger partial charge < -0.3 is 20.2 Å². The number of rotatable bonds is 6. The average Bonchev–Trinajstić information content (AvgIpc) is 2.33. The highest BCUT2D eigenvalue weighted by molar-refractivity contribution is 5.83. The van der Waals surface area contributed by atoms with Crippen molar-refractivity contribution in [2.24, 2.45) is 0 Å². The van der Waals surface area contributed by atoms with Gasteiger partial charge in [-0.1, -0.05) is 6.92 Å². The molecule has 3 N–H and O–H groups in total. The Kier molecular flexibility index (Phi) is 4.37. The van der Waals surface area contributed by atoms with Gasteiger partial charge in [-0.15, -0.1) is 0 Å². The molecule has 0 heterocycles. The summed E-state index contributed by atoms with van der Waals surface area (Å²) in [5, 5.41) is 28.4. The molecule has 6 heteroatoms. The Morgan fingerprint density at radius 2 is 1.84 bits per heavy atom. The van der Waals surface area contributed by atoms with Gasteiger partial charge in [-0.25, -0.2) is 4.79 Å². The minimum absolute atomic E-state index is 0.137. The van der Waals surface area contributed by atoms with Crippen LogP contribution in [0.2, 0.25) is 0 Å². The van der Waals surface area contributed by atoms with Crippen molar-refractivity contribution in [2.75, 3.05) is 6.54 Å². The fraction of sp³-hybridized carbons (Fsp3) is 0.385. The van der Waals surface area contributed by atoms with Gasteiger partial charge in [-0.2, -0.15) is 0 Å². The molecule has 0 saturated carbocycles. The van der Waals surface area contributed by atoms with E-state index in [9.17, 15) is 24.9 Å². The lowest BCUT2D eigenvalue weighted by molar-refractivity contribution is -0.154. The molecule has 19 heavy (non-hydrogen) atoms. The smallest absolute Gasteiger partial charge is 0.334 e. The van der Waals surface area contributed by atoms with E-state index in [0.29, 0.717) is 12.8 Å². The lowest BCUT2D eigenvalue weighted by Crippen LogP contribution is -2.49. The summed E-state index contributed by atoms with van der Waals surface area (Å²) in [4.78, 5) is 23.8. The van der Waals surface area contributed by atoms with Crippen molar-refractivity contribution in [1.82, 2.24) is 4.90 Å². The molecule has 1 aromatic carbocycles. The van der Waals surface area contributed by atoms with Crippen LogP contribution in [0.1, 0.15) is 25.8 Å². The fourth-order valence-corrected chi connectivity index (χ4v) is 1.91. The number of benzene rings is 1. The van der Waals surface area contributed by atoms with Crippen molar-refractivity contribution in [1.29, 1.82) is 0 Å². The van der Waals surface area contributed by atoms with Crippen LogP contribution in [0, 0.1) is 0 Å². The van der Waals surface area contributed by atoms with Crippen LogP contribution in [0.4, 0.5) is 0 Å². The largest absolute Gasteiger partial charge is 0.508 e. The number of aliphatic carboxylic acids is 1. The number of nitrogens with zero attached hydrogens (tertiary/aromatic N) is 1. The highest BCUT2D eigenvalue weighted by Gasteiger charge is 2.41. The first-order chi connectivity index (χ1) is 8.86. The first kappa shape index (κ1) is 14.8. The summed E-state index contributed by atoms with van der Waals surface area (Å²) >= 11 is 0. The van der Waals surface area contributed by atoms with Gasteiger partial charge in [0.2, 0.25) is 6.41 Å². The Morgan fingerprint density at radius 1 is 1.32 bits per heavy atom. The monoisotopic (exact) mass is 267 g/mol. The molecule has 0 aliphatic heterocycles. The number of amides is 1. The standard InChI is InChI=1S/C13H17NO5/c1-3-4-14(8-15)13(2,12(18)19)9-5-10(16)7-11(17)6-9/h5-8,16-17H,3-4H2,1-2H3,(H,18,19). The Morgan fingerprint density at radius 3 is 2.21 bits per heavy atom. The molecule has 0 radical (unpaired) electrons. The number of carbonyl (C=O) groups excluding carboxylic acids is 1. The minimum atomic E-state index is -1.64. The van der Waals surface area contributed by atoms with E-state index < -0.39 is 11.5 Å². The van der Waals surface area contributed by atoms with Crippen molar-refractivity contribution >= 4 is 12.4 Å². The van der Waals surface area contributed by atoms with E-state index in [-0.39, 0.29) is 23.6 Å². The van der Waals surface area contributed by atoms with Crippen molar-refractivity contribution in [2.45, 2.75) is 25.8 Å². The number of carboxylic acids is 1. The molecule has 1 amide bonds. The second kappa shape index (κ2) is 5.60. The Hall–Kier alpha value is -2.24. The predicted molar refractivity (Wildman–Crippen MR) is 67.8 cm³/mol. The number of phenols is 2. The zero-order valence-electron chi connectivity index (χ0n) is 10.8. The number of hydrogen-bond donors (Lipinski definition) is 3. The zero-order valence-corrected chi connectivity index (χ0v) is 10.8. The van der Waals surface area contributed by atoms with Gasteiger partial charge in [-0.05, 0) is 31.0 Å². The Bertz CT molecular complexity index is 468. The van der Waals surface area contributed by atoms with Gasteiger partial charge in [-0.3, -0.25) is 4.79 Å². The molecule has 0 aromatic heterocycles. The van der Waals surface area contributed by atoms with Gasteiger partial charge in [0.25, 0.3) is 0 Å². The molecule has 0 fully saturated rings. The van der Waals surface area contributed by atoms with Crippen LogP contribution < -0.4 is 0 Å². The maximum atomic E-state index is 11.6. The maximum absolute atomic E-state index is 11.6. The van der Waals surface area contributed by atoms with Crippen molar-refractivity contribution in [3.63, 3.8) is 0 Å². The van der Waals surface area contributed by atoms with Crippen LogP contribution in [0.5, 0.6) is 11.5 Å². The van der Waals surface area contributed by atoms with Crippen LogP contribution in [0.25, 0.3) is 0 Å². The van der Waals surface area contributed by atoms with Gasteiger partial charge in [0.15, 0.2) is 5.54 Å². The minimum Gasteiger partial charge on any atom is -0.508 e. The fourth-order valence-electron chi connectivity index (χ4n) is 1.91. The van der Waals surface area contributed by atoms with E-state index in [1.807, 2.05) is 6.92 Å². The third-order valence-corrected chi connectivity index (χ3v) is 3.05. The van der Waals surface area contributed by atoms with Gasteiger partial charge in [0, 0.05) is 12.6 Å². The summed E-state index contributed by atoms with van der Waals surface area (Å²) in [6.07, 6.45) is 1.05. The summed E-state index contributed by atoms with van der Waals surface area (Å²) < 4.78 is 0. The van der Waals surface area contributed by atoms with Crippen LogP contribution in [0.3, 0.4) is 0 Å². The van der Waals surface area contributed by atoms with E-state index in [2.05, 4.69) is 0 Å². The third-order valence-electron chi connectivity index (χ3n) is 3.05. The Balaban J connectivity index is 3.39. The van der Waals surface area contributed by atoms with E-state index in [1.54, 1.807) is 0 Å². The Labute approximate surface area is 110 Å².